The molecular weight excluding hydrogens is 741 g/mol. The van der Waals surface area contributed by atoms with Gasteiger partial charge >= 0.3 is 6.03 Å². The Morgan fingerprint density at radius 3 is 1.60 bits per heavy atom. The van der Waals surface area contributed by atoms with E-state index in [1.807, 2.05) is 62.4 Å². The van der Waals surface area contributed by atoms with Crippen LogP contribution in [0.2, 0.25) is 0 Å². The molecule has 1 N–H and O–H groups in total. The van der Waals surface area contributed by atoms with Crippen molar-refractivity contribution < 1.29 is 4.79 Å². The van der Waals surface area contributed by atoms with Gasteiger partial charge in [-0.1, -0.05) is 54.6 Å². The number of anilines is 5. The first-order chi connectivity index (χ1) is 29.4. The molecule has 0 aliphatic carbocycles. The molecule has 7 aromatic rings. The molecule has 4 heterocycles. The summed E-state index contributed by atoms with van der Waals surface area (Å²) in [7, 11) is 0. The fraction of sp³-hybridized carbons (Fsp3) is 0.275. The van der Waals surface area contributed by atoms with E-state index in [-0.39, 0.29) is 6.03 Å². The third-order valence-corrected chi connectivity index (χ3v) is 12.1. The minimum atomic E-state index is -0.180. The first-order valence-electron chi connectivity index (χ1n) is 21.4. The Morgan fingerprint density at radius 1 is 0.533 bits per heavy atom. The summed E-state index contributed by atoms with van der Waals surface area (Å²) in [4.78, 5) is 35.6. The number of pyridine rings is 2. The van der Waals surface area contributed by atoms with Gasteiger partial charge in [-0.05, 0) is 123 Å². The molecule has 304 valence electrons. The lowest BCUT2D eigenvalue weighted by atomic mass is 10.1. The first kappa shape index (κ1) is 39.2. The number of aryl methyl sites for hydroxylation is 2. The number of amides is 2. The van der Waals surface area contributed by atoms with Crippen molar-refractivity contribution >= 4 is 56.3 Å². The van der Waals surface area contributed by atoms with Gasteiger partial charge in [0.2, 0.25) is 0 Å². The molecule has 60 heavy (non-hydrogen) atoms. The van der Waals surface area contributed by atoms with Crippen LogP contribution in [0.15, 0.2) is 140 Å². The number of rotatable bonds is 11. The normalized spacial score (nSPS) is 15.1. The Kier molecular flexibility index (Phi) is 11.7. The van der Waals surface area contributed by atoms with E-state index in [0.29, 0.717) is 0 Å². The molecule has 0 bridgehead atoms. The summed E-state index contributed by atoms with van der Waals surface area (Å²) in [6.45, 7) is 14.0. The van der Waals surface area contributed by atoms with Crippen LogP contribution < -0.4 is 20.0 Å². The number of para-hydroxylation sites is 1. The smallest absolute Gasteiger partial charge is 0.330 e. The van der Waals surface area contributed by atoms with E-state index in [1.54, 1.807) is 4.90 Å². The molecule has 0 unspecified atom stereocenters. The van der Waals surface area contributed by atoms with Gasteiger partial charge in [-0.25, -0.2) is 4.79 Å². The molecule has 2 saturated heterocycles. The monoisotopic (exact) mass is 794 g/mol. The second-order valence-electron chi connectivity index (χ2n) is 16.2. The number of hydrogen-bond acceptors (Lipinski definition) is 7. The highest BCUT2D eigenvalue weighted by molar-refractivity contribution is 6.07. The predicted octanol–water partition coefficient (Wildman–Crippen LogP) is 9.50. The number of hydrogen-bond donors (Lipinski definition) is 1. The highest BCUT2D eigenvalue weighted by Gasteiger charge is 2.22. The molecule has 0 atom stereocenters. The summed E-state index contributed by atoms with van der Waals surface area (Å²) in [6.07, 6.45) is 1.83. The van der Waals surface area contributed by atoms with E-state index in [4.69, 9.17) is 9.97 Å². The topological polar surface area (TPSA) is 71.1 Å². The van der Waals surface area contributed by atoms with Crippen LogP contribution in [0.4, 0.5) is 33.2 Å². The Bertz CT molecular complexity index is 2580. The Labute approximate surface area is 353 Å². The molecule has 9 rings (SSSR count). The van der Waals surface area contributed by atoms with Gasteiger partial charge in [0.15, 0.2) is 0 Å². The number of carbonyl (C=O) groups is 1. The maximum atomic E-state index is 14.2. The fourth-order valence-electron chi connectivity index (χ4n) is 8.83. The van der Waals surface area contributed by atoms with Crippen molar-refractivity contribution in [2.45, 2.75) is 26.7 Å². The second-order valence-corrected chi connectivity index (χ2v) is 16.2. The van der Waals surface area contributed by atoms with Gasteiger partial charge in [-0.15, -0.1) is 0 Å². The zero-order chi connectivity index (χ0) is 40.8. The van der Waals surface area contributed by atoms with E-state index in [0.717, 1.165) is 118 Å². The van der Waals surface area contributed by atoms with Gasteiger partial charge in [0.05, 0.1) is 22.4 Å². The van der Waals surface area contributed by atoms with Crippen LogP contribution in [0.5, 0.6) is 0 Å². The largest absolute Gasteiger partial charge is 0.368 e. The Morgan fingerprint density at radius 2 is 1.03 bits per heavy atom. The van der Waals surface area contributed by atoms with Crippen molar-refractivity contribution in [3.8, 4) is 0 Å². The van der Waals surface area contributed by atoms with Crippen LogP contribution in [0.1, 0.15) is 22.5 Å². The van der Waals surface area contributed by atoms with Crippen molar-refractivity contribution in [3.05, 3.63) is 162 Å². The average molecular weight is 795 g/mol. The lowest BCUT2D eigenvalue weighted by Crippen LogP contribution is -2.47. The lowest BCUT2D eigenvalue weighted by molar-refractivity contribution is 0.259. The van der Waals surface area contributed by atoms with Crippen LogP contribution in [0.25, 0.3) is 21.8 Å². The molecule has 9 heteroatoms. The molecule has 0 spiro atoms. The van der Waals surface area contributed by atoms with Crippen molar-refractivity contribution in [1.29, 1.82) is 0 Å². The summed E-state index contributed by atoms with van der Waals surface area (Å²) in [5.41, 5.74) is 11.7. The molecule has 2 amide bonds. The van der Waals surface area contributed by atoms with Gasteiger partial charge in [-0.3, -0.25) is 24.7 Å². The Balaban J connectivity index is 0.804. The summed E-state index contributed by atoms with van der Waals surface area (Å²) in [5, 5.41) is 5.68. The number of nitrogens with one attached hydrogen (secondary N) is 1. The molecule has 0 radical (unpaired) electrons. The highest BCUT2D eigenvalue weighted by atomic mass is 16.2. The van der Waals surface area contributed by atoms with Crippen LogP contribution in [0, 0.1) is 13.8 Å². The van der Waals surface area contributed by atoms with Crippen LogP contribution in [-0.4, -0.2) is 91.2 Å². The van der Waals surface area contributed by atoms with E-state index >= 15 is 0 Å². The molecule has 2 fully saturated rings. The maximum Gasteiger partial charge on any atom is 0.330 e. The molecule has 2 aliphatic heterocycles. The highest BCUT2D eigenvalue weighted by Crippen LogP contribution is 2.30. The van der Waals surface area contributed by atoms with Gasteiger partial charge in [0.1, 0.15) is 0 Å². The minimum Gasteiger partial charge on any atom is -0.368 e. The SMILES string of the molecule is Cc1ccc2c(N3CCN(CCc4cccc(NC(=O)N(c5ccccc5)c5cccc(CCN6CCN(c7cccc8nc(C)ccc78)CC6)c5)c4)CC3)cccc2n1. The zero-order valence-electron chi connectivity index (χ0n) is 34.8. The standard InChI is InChI=1S/C51H54N8O/c1-38-20-22-45-47(52-38)16-8-18-49(45)57-32-28-55(29-33-57)26-24-40-10-6-12-42(36-40)54-51(60)59(43-13-4-3-5-14-43)44-15-7-11-41(37-44)25-27-56-30-34-58(35-31-56)50-19-9-17-48-46(50)23-21-39(2)53-48/h3-23,36-37H,24-35H2,1-2H3,(H,54,60). The van der Waals surface area contributed by atoms with Crippen LogP contribution in [-0.2, 0) is 12.8 Å². The van der Waals surface area contributed by atoms with Crippen molar-refractivity contribution in [2.24, 2.45) is 0 Å². The van der Waals surface area contributed by atoms with Gasteiger partial charge in [-0.2, -0.15) is 0 Å². The third-order valence-electron chi connectivity index (χ3n) is 12.1. The second kappa shape index (κ2) is 17.9. The molecule has 5 aromatic carbocycles. The lowest BCUT2D eigenvalue weighted by Gasteiger charge is -2.36. The van der Waals surface area contributed by atoms with E-state index < -0.39 is 0 Å². The Hall–Kier alpha value is -6.29. The molecule has 2 aliphatic rings. The third kappa shape index (κ3) is 8.98. The number of aromatic nitrogens is 2. The minimum absolute atomic E-state index is 0.180. The molecule has 2 aromatic heterocycles. The predicted molar refractivity (Wildman–Crippen MR) is 248 cm³/mol. The quantitative estimate of drug-likeness (QED) is 0.140. The van der Waals surface area contributed by atoms with Gasteiger partial charge in [0.25, 0.3) is 0 Å². The van der Waals surface area contributed by atoms with Crippen molar-refractivity contribution in [1.82, 2.24) is 19.8 Å². The van der Waals surface area contributed by atoms with Crippen molar-refractivity contribution in [3.63, 3.8) is 0 Å². The van der Waals surface area contributed by atoms with Gasteiger partial charge in [0, 0.05) is 105 Å². The molecule has 0 saturated carbocycles. The average Bonchev–Trinajstić information content (AvgIpc) is 3.28. The maximum absolute atomic E-state index is 14.2. The summed E-state index contributed by atoms with van der Waals surface area (Å²) >= 11 is 0. The summed E-state index contributed by atoms with van der Waals surface area (Å²) in [6, 6.07) is 48.0. The van der Waals surface area contributed by atoms with Crippen LogP contribution in [0.3, 0.4) is 0 Å². The summed E-state index contributed by atoms with van der Waals surface area (Å²) in [5.74, 6) is 0. The van der Waals surface area contributed by atoms with E-state index in [9.17, 15) is 4.79 Å². The van der Waals surface area contributed by atoms with E-state index in [2.05, 4.69) is 116 Å². The van der Waals surface area contributed by atoms with Crippen LogP contribution >= 0.6 is 0 Å². The first-order valence-corrected chi connectivity index (χ1v) is 21.4. The van der Waals surface area contributed by atoms with E-state index in [1.165, 1.54) is 33.3 Å². The zero-order valence-corrected chi connectivity index (χ0v) is 34.8. The number of nitrogens with zero attached hydrogens (tertiary/aromatic N) is 7. The number of fused-ring (bicyclic) bond motifs is 2. The molecular formula is C51H54N8O. The number of urea groups is 1. The number of carbonyl (C=O) groups excluding carboxylic acids is 1. The fourth-order valence-corrected chi connectivity index (χ4v) is 8.83. The molecule has 9 nitrogen and oxygen atoms in total. The van der Waals surface area contributed by atoms with Gasteiger partial charge < -0.3 is 15.1 Å². The number of benzene rings is 5. The summed E-state index contributed by atoms with van der Waals surface area (Å²) < 4.78 is 0. The van der Waals surface area contributed by atoms with Crippen molar-refractivity contribution in [2.75, 3.05) is 85.5 Å². The number of piperazine rings is 2.